The van der Waals surface area contributed by atoms with Crippen LogP contribution in [0, 0.1) is 6.92 Å². The van der Waals surface area contributed by atoms with E-state index in [4.69, 9.17) is 16.3 Å². The number of carbonyl (C=O) groups excluding carboxylic acids is 1. The van der Waals surface area contributed by atoms with E-state index in [0.717, 1.165) is 11.1 Å². The van der Waals surface area contributed by atoms with Gasteiger partial charge in [0.25, 0.3) is 0 Å². The number of carbonyl (C=O) groups is 1. The molecule has 5 nitrogen and oxygen atoms in total. The maximum atomic E-state index is 12.4. The zero-order valence-corrected chi connectivity index (χ0v) is 17.0. The number of hydrogen-bond donors (Lipinski definition) is 0. The van der Waals surface area contributed by atoms with Gasteiger partial charge in [0.2, 0.25) is 0 Å². The summed E-state index contributed by atoms with van der Waals surface area (Å²) in [5, 5.41) is 9.87. The standard InChI is InChI=1S/C20H20ClN3O2S/c1-4-24-19(16-11-15(21)9-10-18(16)26-3)22-23-20(24)27-12-17(25)14-7-5-13(2)6-8-14/h5-11H,4,12H2,1-3H3. The molecule has 0 aliphatic rings. The summed E-state index contributed by atoms with van der Waals surface area (Å²) in [7, 11) is 1.61. The van der Waals surface area contributed by atoms with Gasteiger partial charge in [-0.05, 0) is 32.0 Å². The number of nitrogens with zero attached hydrogens (tertiary/aromatic N) is 3. The van der Waals surface area contributed by atoms with Gasteiger partial charge in [0.05, 0.1) is 18.4 Å². The summed E-state index contributed by atoms with van der Waals surface area (Å²) < 4.78 is 7.39. The van der Waals surface area contributed by atoms with E-state index in [1.54, 1.807) is 19.2 Å². The number of methoxy groups -OCH3 is 1. The largest absolute Gasteiger partial charge is 0.496 e. The number of benzene rings is 2. The third kappa shape index (κ3) is 4.34. The van der Waals surface area contributed by atoms with Crippen molar-refractivity contribution in [1.29, 1.82) is 0 Å². The molecule has 0 atom stereocenters. The van der Waals surface area contributed by atoms with Crippen molar-refractivity contribution >= 4 is 29.1 Å². The lowest BCUT2D eigenvalue weighted by Crippen LogP contribution is -2.05. The van der Waals surface area contributed by atoms with Crippen molar-refractivity contribution in [1.82, 2.24) is 14.8 Å². The summed E-state index contributed by atoms with van der Waals surface area (Å²) in [5.41, 5.74) is 2.61. The highest BCUT2D eigenvalue weighted by Crippen LogP contribution is 2.33. The fraction of sp³-hybridized carbons (Fsp3) is 0.250. The number of aryl methyl sites for hydroxylation is 1. The zero-order chi connectivity index (χ0) is 19.4. The Labute approximate surface area is 167 Å². The normalized spacial score (nSPS) is 10.8. The third-order valence-electron chi connectivity index (χ3n) is 4.14. The molecule has 0 radical (unpaired) electrons. The first-order valence-electron chi connectivity index (χ1n) is 8.53. The van der Waals surface area contributed by atoms with Crippen molar-refractivity contribution in [2.45, 2.75) is 25.5 Å². The van der Waals surface area contributed by atoms with Crippen LogP contribution < -0.4 is 4.74 Å². The molecule has 0 spiro atoms. The molecule has 7 heteroatoms. The van der Waals surface area contributed by atoms with Crippen molar-refractivity contribution in [3.8, 4) is 17.1 Å². The molecular formula is C20H20ClN3O2S. The molecule has 0 amide bonds. The van der Waals surface area contributed by atoms with Crippen LogP contribution in [-0.4, -0.2) is 33.4 Å². The summed E-state index contributed by atoms with van der Waals surface area (Å²) in [6.45, 7) is 4.67. The molecule has 0 aliphatic heterocycles. The van der Waals surface area contributed by atoms with Gasteiger partial charge in [0, 0.05) is 17.1 Å². The highest BCUT2D eigenvalue weighted by Gasteiger charge is 2.18. The van der Waals surface area contributed by atoms with E-state index in [2.05, 4.69) is 10.2 Å². The second kappa shape index (κ2) is 8.59. The zero-order valence-electron chi connectivity index (χ0n) is 15.4. The summed E-state index contributed by atoms with van der Waals surface area (Å²) in [4.78, 5) is 12.4. The molecule has 0 fully saturated rings. The van der Waals surface area contributed by atoms with Crippen LogP contribution in [0.25, 0.3) is 11.4 Å². The van der Waals surface area contributed by atoms with Crippen LogP contribution in [0.5, 0.6) is 5.75 Å². The predicted octanol–water partition coefficient (Wildman–Crippen LogP) is 4.91. The van der Waals surface area contributed by atoms with Crippen molar-refractivity contribution in [2.24, 2.45) is 0 Å². The smallest absolute Gasteiger partial charge is 0.191 e. The van der Waals surface area contributed by atoms with Crippen LogP contribution in [-0.2, 0) is 6.54 Å². The van der Waals surface area contributed by atoms with Crippen molar-refractivity contribution in [2.75, 3.05) is 12.9 Å². The first-order valence-corrected chi connectivity index (χ1v) is 9.89. The second-order valence-corrected chi connectivity index (χ2v) is 7.35. The molecule has 140 valence electrons. The minimum atomic E-state index is 0.0625. The van der Waals surface area contributed by atoms with Gasteiger partial charge in [-0.3, -0.25) is 4.79 Å². The molecule has 0 unspecified atom stereocenters. The number of rotatable bonds is 7. The molecule has 1 heterocycles. The molecule has 2 aromatic carbocycles. The lowest BCUT2D eigenvalue weighted by atomic mass is 10.1. The Kier molecular flexibility index (Phi) is 6.19. The quantitative estimate of drug-likeness (QED) is 0.416. The summed E-state index contributed by atoms with van der Waals surface area (Å²) in [5.74, 6) is 1.71. The van der Waals surface area contributed by atoms with Crippen LogP contribution in [0.1, 0.15) is 22.8 Å². The monoisotopic (exact) mass is 401 g/mol. The molecule has 27 heavy (non-hydrogen) atoms. The molecular weight excluding hydrogens is 382 g/mol. The fourth-order valence-corrected chi connectivity index (χ4v) is 3.76. The van der Waals surface area contributed by atoms with E-state index in [0.29, 0.717) is 39.6 Å². The summed E-state index contributed by atoms with van der Waals surface area (Å²) >= 11 is 7.52. The maximum Gasteiger partial charge on any atom is 0.191 e. The average molecular weight is 402 g/mol. The van der Waals surface area contributed by atoms with Gasteiger partial charge in [-0.15, -0.1) is 10.2 Å². The van der Waals surface area contributed by atoms with Gasteiger partial charge in [-0.2, -0.15) is 0 Å². The van der Waals surface area contributed by atoms with Gasteiger partial charge < -0.3 is 9.30 Å². The van der Waals surface area contributed by atoms with Crippen LogP contribution in [0.3, 0.4) is 0 Å². The highest BCUT2D eigenvalue weighted by atomic mass is 35.5. The van der Waals surface area contributed by atoms with E-state index in [1.165, 1.54) is 11.8 Å². The Morgan fingerprint density at radius 2 is 1.93 bits per heavy atom. The molecule has 1 aromatic heterocycles. The molecule has 3 aromatic rings. The Balaban J connectivity index is 1.83. The minimum absolute atomic E-state index is 0.0625. The van der Waals surface area contributed by atoms with Crippen LogP contribution >= 0.6 is 23.4 Å². The lowest BCUT2D eigenvalue weighted by Gasteiger charge is -2.11. The summed E-state index contributed by atoms with van der Waals surface area (Å²) in [6.07, 6.45) is 0. The van der Waals surface area contributed by atoms with E-state index >= 15 is 0 Å². The SMILES string of the molecule is CCn1c(SCC(=O)c2ccc(C)cc2)nnc1-c1cc(Cl)ccc1OC. The molecule has 0 aliphatic carbocycles. The number of hydrogen-bond acceptors (Lipinski definition) is 5. The third-order valence-corrected chi connectivity index (χ3v) is 5.34. The minimum Gasteiger partial charge on any atom is -0.496 e. The lowest BCUT2D eigenvalue weighted by molar-refractivity contribution is 0.102. The molecule has 0 saturated carbocycles. The topological polar surface area (TPSA) is 57.0 Å². The van der Waals surface area contributed by atoms with Crippen molar-refractivity contribution < 1.29 is 9.53 Å². The van der Waals surface area contributed by atoms with Gasteiger partial charge in [0.1, 0.15) is 5.75 Å². The van der Waals surface area contributed by atoms with E-state index in [9.17, 15) is 4.79 Å². The number of halogens is 1. The Hall–Kier alpha value is -2.31. The van der Waals surface area contributed by atoms with E-state index < -0.39 is 0 Å². The van der Waals surface area contributed by atoms with E-state index in [-0.39, 0.29) is 5.78 Å². The van der Waals surface area contributed by atoms with Gasteiger partial charge in [0.15, 0.2) is 16.8 Å². The average Bonchev–Trinajstić information content (AvgIpc) is 3.09. The molecule has 0 saturated heterocycles. The second-order valence-electron chi connectivity index (χ2n) is 5.97. The number of Topliss-reactive ketones (excluding diaryl/α,β-unsaturated/α-hetero) is 1. The number of ether oxygens (including phenoxy) is 1. The van der Waals surface area contributed by atoms with Gasteiger partial charge in [-0.25, -0.2) is 0 Å². The molecule has 3 rings (SSSR count). The maximum absolute atomic E-state index is 12.4. The van der Waals surface area contributed by atoms with Crippen LogP contribution in [0.15, 0.2) is 47.6 Å². The number of aromatic nitrogens is 3. The van der Waals surface area contributed by atoms with Crippen LogP contribution in [0.2, 0.25) is 5.02 Å². The Morgan fingerprint density at radius 1 is 1.19 bits per heavy atom. The number of thioether (sulfide) groups is 1. The number of ketones is 1. The Morgan fingerprint density at radius 3 is 2.59 bits per heavy atom. The first-order chi connectivity index (χ1) is 13.0. The first kappa shape index (κ1) is 19.5. The van der Waals surface area contributed by atoms with Gasteiger partial charge >= 0.3 is 0 Å². The van der Waals surface area contributed by atoms with Crippen LogP contribution in [0.4, 0.5) is 0 Å². The van der Waals surface area contributed by atoms with Crippen molar-refractivity contribution in [3.63, 3.8) is 0 Å². The van der Waals surface area contributed by atoms with E-state index in [1.807, 2.05) is 48.7 Å². The summed E-state index contributed by atoms with van der Waals surface area (Å²) in [6, 6.07) is 13.0. The van der Waals surface area contributed by atoms with Gasteiger partial charge in [-0.1, -0.05) is 53.2 Å². The Bertz CT molecular complexity index is 954. The highest BCUT2D eigenvalue weighted by molar-refractivity contribution is 7.99. The molecule has 0 bridgehead atoms. The predicted molar refractivity (Wildman–Crippen MR) is 109 cm³/mol. The fourth-order valence-electron chi connectivity index (χ4n) is 2.69. The molecule has 0 N–H and O–H groups in total. The van der Waals surface area contributed by atoms with Crippen molar-refractivity contribution in [3.05, 3.63) is 58.6 Å².